The maximum absolute atomic E-state index is 10.5. The minimum atomic E-state index is -1.26. The second-order valence-electron chi connectivity index (χ2n) is 4.33. The first-order valence-electron chi connectivity index (χ1n) is 4.19. The zero-order valence-corrected chi connectivity index (χ0v) is 10.3. The van der Waals surface area contributed by atoms with Gasteiger partial charge in [-0.05, 0) is 18.3 Å². The Bertz CT molecular complexity index is 202. The van der Waals surface area contributed by atoms with Gasteiger partial charge in [0.05, 0.1) is 0 Å². The SMILES string of the molecule is CC(C)(C)CCC(C(=O)O)C(=O)O.[H-].[H-].[Mg+2]. The number of hydrogen-bond donors (Lipinski definition) is 2. The van der Waals surface area contributed by atoms with Crippen molar-refractivity contribution in [2.45, 2.75) is 33.6 Å². The van der Waals surface area contributed by atoms with E-state index in [0.717, 1.165) is 0 Å². The standard InChI is InChI=1S/C9H16O4.Mg.2H/c1-9(2,3)5-4-6(7(10)11)8(12)13;;;/h6H,4-5H2,1-3H3,(H,10,11)(H,12,13);;;/q;+2;2*-1. The first-order chi connectivity index (χ1) is 5.74. The van der Waals surface area contributed by atoms with Crippen LogP contribution in [0.3, 0.4) is 0 Å². The molecule has 0 rings (SSSR count). The maximum atomic E-state index is 10.5. The van der Waals surface area contributed by atoms with Crippen molar-refractivity contribution >= 4 is 35.0 Å². The Morgan fingerprint density at radius 1 is 1.21 bits per heavy atom. The van der Waals surface area contributed by atoms with E-state index in [0.29, 0.717) is 6.42 Å². The Morgan fingerprint density at radius 3 is 1.79 bits per heavy atom. The monoisotopic (exact) mass is 214 g/mol. The Labute approximate surface area is 103 Å². The topological polar surface area (TPSA) is 74.6 Å². The van der Waals surface area contributed by atoms with Crippen LogP contribution in [-0.4, -0.2) is 45.2 Å². The van der Waals surface area contributed by atoms with Crippen molar-refractivity contribution in [2.24, 2.45) is 11.3 Å². The predicted molar refractivity (Wildman–Crippen MR) is 55.4 cm³/mol. The summed E-state index contributed by atoms with van der Waals surface area (Å²) < 4.78 is 0. The molecular weight excluding hydrogens is 196 g/mol. The summed E-state index contributed by atoms with van der Waals surface area (Å²) in [6, 6.07) is 0. The van der Waals surface area contributed by atoms with Gasteiger partial charge in [0.1, 0.15) is 0 Å². The molecule has 0 unspecified atom stereocenters. The third-order valence-electron chi connectivity index (χ3n) is 1.78. The van der Waals surface area contributed by atoms with Gasteiger partial charge in [-0.1, -0.05) is 20.8 Å². The minimum absolute atomic E-state index is 0. The molecule has 0 spiro atoms. The predicted octanol–water partition coefficient (Wildman–Crippen LogP) is 1.44. The van der Waals surface area contributed by atoms with Gasteiger partial charge >= 0.3 is 35.0 Å². The number of carbonyl (C=O) groups is 2. The van der Waals surface area contributed by atoms with Crippen LogP contribution in [0.4, 0.5) is 0 Å². The van der Waals surface area contributed by atoms with Gasteiger partial charge in [-0.25, -0.2) is 0 Å². The molecule has 0 aliphatic carbocycles. The van der Waals surface area contributed by atoms with Crippen molar-refractivity contribution in [3.63, 3.8) is 0 Å². The van der Waals surface area contributed by atoms with Crippen molar-refractivity contribution in [3.8, 4) is 0 Å². The van der Waals surface area contributed by atoms with Crippen LogP contribution in [0.1, 0.15) is 36.5 Å². The molecule has 0 aromatic heterocycles. The molecule has 4 nitrogen and oxygen atoms in total. The van der Waals surface area contributed by atoms with E-state index in [9.17, 15) is 9.59 Å². The number of hydrogen-bond acceptors (Lipinski definition) is 2. The smallest absolute Gasteiger partial charge is 1.00 e. The summed E-state index contributed by atoms with van der Waals surface area (Å²) in [5.41, 5.74) is -0.0247. The van der Waals surface area contributed by atoms with Gasteiger partial charge in [0.15, 0.2) is 5.92 Å². The van der Waals surface area contributed by atoms with Gasteiger partial charge in [0.2, 0.25) is 0 Å². The number of carboxylic acid groups (broad SMARTS) is 2. The van der Waals surface area contributed by atoms with Crippen LogP contribution < -0.4 is 0 Å². The van der Waals surface area contributed by atoms with E-state index in [2.05, 4.69) is 0 Å². The molecule has 2 N–H and O–H groups in total. The van der Waals surface area contributed by atoms with E-state index in [1.165, 1.54) is 0 Å². The molecule has 5 heteroatoms. The molecule has 0 radical (unpaired) electrons. The van der Waals surface area contributed by atoms with Gasteiger partial charge in [-0.3, -0.25) is 9.59 Å². The molecule has 0 atom stereocenters. The second-order valence-corrected chi connectivity index (χ2v) is 4.33. The van der Waals surface area contributed by atoms with Crippen molar-refractivity contribution in [2.75, 3.05) is 0 Å². The van der Waals surface area contributed by atoms with Crippen LogP contribution in [0.5, 0.6) is 0 Å². The third kappa shape index (κ3) is 7.14. The molecule has 0 saturated heterocycles. The summed E-state index contributed by atoms with van der Waals surface area (Å²) in [5, 5.41) is 17.1. The summed E-state index contributed by atoms with van der Waals surface area (Å²) in [6.45, 7) is 5.86. The first kappa shape index (κ1) is 16.1. The minimum Gasteiger partial charge on any atom is -1.00 e. The summed E-state index contributed by atoms with van der Waals surface area (Å²) >= 11 is 0. The second kappa shape index (κ2) is 6.24. The Hall–Kier alpha value is -0.294. The molecule has 0 aliphatic heterocycles. The van der Waals surface area contributed by atoms with Crippen LogP contribution in [0.25, 0.3) is 0 Å². The molecule has 0 aromatic rings. The van der Waals surface area contributed by atoms with E-state index < -0.39 is 17.9 Å². The van der Waals surface area contributed by atoms with E-state index >= 15 is 0 Å². The summed E-state index contributed by atoms with van der Waals surface area (Å²) in [4.78, 5) is 21.0. The fourth-order valence-corrected chi connectivity index (χ4v) is 0.930. The van der Waals surface area contributed by atoms with Crippen molar-refractivity contribution in [3.05, 3.63) is 0 Å². The zero-order chi connectivity index (χ0) is 10.6. The quantitative estimate of drug-likeness (QED) is 0.549. The number of rotatable bonds is 4. The Kier molecular flexibility index (Phi) is 7.20. The van der Waals surface area contributed by atoms with Gasteiger partial charge in [-0.2, -0.15) is 0 Å². The fourth-order valence-electron chi connectivity index (χ4n) is 0.930. The molecule has 0 amide bonds. The van der Waals surface area contributed by atoms with Crippen molar-refractivity contribution in [1.29, 1.82) is 0 Å². The molecule has 0 fully saturated rings. The molecule has 0 heterocycles. The van der Waals surface area contributed by atoms with Crippen LogP contribution in [0, 0.1) is 11.3 Å². The molecular formula is C9H18MgO4. The summed E-state index contributed by atoms with van der Waals surface area (Å²) in [7, 11) is 0. The average molecular weight is 215 g/mol. The van der Waals surface area contributed by atoms with E-state index in [1.54, 1.807) is 0 Å². The van der Waals surface area contributed by atoms with E-state index in [-0.39, 0.29) is 37.7 Å². The molecule has 0 bridgehead atoms. The van der Waals surface area contributed by atoms with Gasteiger partial charge in [-0.15, -0.1) is 0 Å². The van der Waals surface area contributed by atoms with Gasteiger partial charge < -0.3 is 13.1 Å². The van der Waals surface area contributed by atoms with E-state index in [4.69, 9.17) is 10.2 Å². The average Bonchev–Trinajstić information content (AvgIpc) is 1.82. The van der Waals surface area contributed by atoms with Gasteiger partial charge in [0.25, 0.3) is 0 Å². The van der Waals surface area contributed by atoms with Crippen LogP contribution >= 0.6 is 0 Å². The number of carboxylic acids is 2. The van der Waals surface area contributed by atoms with Gasteiger partial charge in [0, 0.05) is 0 Å². The van der Waals surface area contributed by atoms with Crippen LogP contribution in [-0.2, 0) is 9.59 Å². The van der Waals surface area contributed by atoms with E-state index in [1.807, 2.05) is 20.8 Å². The van der Waals surface area contributed by atoms with Crippen LogP contribution in [0.2, 0.25) is 0 Å². The Balaban J connectivity index is -0.000000240. The third-order valence-corrected chi connectivity index (χ3v) is 1.78. The van der Waals surface area contributed by atoms with Crippen LogP contribution in [0.15, 0.2) is 0 Å². The van der Waals surface area contributed by atoms with Crippen molar-refractivity contribution < 1.29 is 22.7 Å². The molecule has 0 saturated carbocycles. The largest absolute Gasteiger partial charge is 2.00 e. The summed E-state index contributed by atoms with van der Waals surface area (Å²) in [6.07, 6.45) is 0.782. The summed E-state index contributed by atoms with van der Waals surface area (Å²) in [5.74, 6) is -3.77. The molecule has 0 aromatic carbocycles. The van der Waals surface area contributed by atoms with Crippen molar-refractivity contribution in [1.82, 2.24) is 0 Å². The molecule has 14 heavy (non-hydrogen) atoms. The zero-order valence-electron chi connectivity index (χ0n) is 10.9. The molecule has 80 valence electrons. The fraction of sp³-hybridized carbons (Fsp3) is 0.778. The first-order valence-corrected chi connectivity index (χ1v) is 4.19. The molecule has 0 aliphatic rings. The Morgan fingerprint density at radius 2 is 1.57 bits per heavy atom. The number of aliphatic carboxylic acids is 2. The normalized spacial score (nSPS) is 10.9. The maximum Gasteiger partial charge on any atom is 2.00 e.